The topological polar surface area (TPSA) is 48.1 Å². The molecular weight excluding hydrogens is 152 g/mol. The van der Waals surface area contributed by atoms with Gasteiger partial charge in [0.15, 0.2) is 0 Å². The fourth-order valence-corrected chi connectivity index (χ4v) is 0.963. The Kier molecular flexibility index (Phi) is 3.37. The Balaban J connectivity index is 2.67. The van der Waals surface area contributed by atoms with Crippen molar-refractivity contribution < 1.29 is 0 Å². The molecule has 0 saturated heterocycles. The van der Waals surface area contributed by atoms with Gasteiger partial charge in [0.25, 0.3) is 0 Å². The van der Waals surface area contributed by atoms with Gasteiger partial charge < -0.3 is 10.9 Å². The molecule has 0 amide bonds. The SMILES string of the molecule is CNNc1cccc(NNC)c1. The molecule has 0 unspecified atom stereocenters. The van der Waals surface area contributed by atoms with E-state index < -0.39 is 0 Å². The number of hydrazine groups is 2. The van der Waals surface area contributed by atoms with Gasteiger partial charge in [-0.05, 0) is 18.2 Å². The van der Waals surface area contributed by atoms with Crippen molar-refractivity contribution in [1.82, 2.24) is 10.9 Å². The molecule has 12 heavy (non-hydrogen) atoms. The monoisotopic (exact) mass is 166 g/mol. The molecule has 0 aromatic heterocycles. The van der Waals surface area contributed by atoms with E-state index in [0.717, 1.165) is 11.4 Å². The van der Waals surface area contributed by atoms with Crippen molar-refractivity contribution >= 4 is 11.4 Å². The lowest BCUT2D eigenvalue weighted by atomic mass is 10.3. The quantitative estimate of drug-likeness (QED) is 0.499. The van der Waals surface area contributed by atoms with Gasteiger partial charge in [-0.2, -0.15) is 0 Å². The molecule has 0 heterocycles. The highest BCUT2D eigenvalue weighted by Gasteiger charge is 1.91. The summed E-state index contributed by atoms with van der Waals surface area (Å²) in [6, 6.07) is 7.93. The lowest BCUT2D eigenvalue weighted by molar-refractivity contribution is 0.973. The van der Waals surface area contributed by atoms with Crippen molar-refractivity contribution in [3.63, 3.8) is 0 Å². The van der Waals surface area contributed by atoms with Crippen LogP contribution >= 0.6 is 0 Å². The van der Waals surface area contributed by atoms with Crippen LogP contribution in [0.2, 0.25) is 0 Å². The van der Waals surface area contributed by atoms with Crippen LogP contribution in [0.3, 0.4) is 0 Å². The van der Waals surface area contributed by atoms with Gasteiger partial charge in [-0.3, -0.25) is 0 Å². The summed E-state index contributed by atoms with van der Waals surface area (Å²) in [6.07, 6.45) is 0. The number of benzene rings is 1. The molecule has 4 N–H and O–H groups in total. The Hall–Kier alpha value is -1.26. The first-order valence-electron chi connectivity index (χ1n) is 3.82. The normalized spacial score (nSPS) is 9.50. The van der Waals surface area contributed by atoms with E-state index >= 15 is 0 Å². The van der Waals surface area contributed by atoms with E-state index in [-0.39, 0.29) is 0 Å². The molecule has 0 bridgehead atoms. The number of anilines is 2. The summed E-state index contributed by atoms with van der Waals surface area (Å²) in [4.78, 5) is 0. The molecule has 0 aliphatic rings. The third kappa shape index (κ3) is 2.41. The second kappa shape index (κ2) is 4.58. The zero-order valence-electron chi connectivity index (χ0n) is 7.31. The molecule has 66 valence electrons. The van der Waals surface area contributed by atoms with Gasteiger partial charge >= 0.3 is 0 Å². The van der Waals surface area contributed by atoms with Gasteiger partial charge in [0.05, 0.1) is 11.4 Å². The number of hydrogen-bond acceptors (Lipinski definition) is 4. The average Bonchev–Trinajstić information content (AvgIpc) is 2.06. The first kappa shape index (κ1) is 8.83. The third-order valence-corrected chi connectivity index (χ3v) is 1.40. The Bertz CT molecular complexity index is 215. The Labute approximate surface area is 72.3 Å². The van der Waals surface area contributed by atoms with Crippen molar-refractivity contribution in [2.24, 2.45) is 0 Å². The molecule has 1 aromatic rings. The van der Waals surface area contributed by atoms with E-state index in [2.05, 4.69) is 21.7 Å². The maximum absolute atomic E-state index is 2.99. The molecule has 0 atom stereocenters. The minimum atomic E-state index is 1.03. The molecule has 0 aliphatic carbocycles. The molecule has 0 radical (unpaired) electrons. The van der Waals surface area contributed by atoms with Gasteiger partial charge in [0, 0.05) is 14.1 Å². The first-order valence-corrected chi connectivity index (χ1v) is 3.82. The van der Waals surface area contributed by atoms with Gasteiger partial charge in [0.2, 0.25) is 0 Å². The summed E-state index contributed by atoms with van der Waals surface area (Å²) in [5.41, 5.74) is 13.7. The second-order valence-electron chi connectivity index (χ2n) is 2.33. The molecule has 0 spiro atoms. The summed E-state index contributed by atoms with van der Waals surface area (Å²) in [5.74, 6) is 0. The van der Waals surface area contributed by atoms with Crippen LogP contribution in [0.1, 0.15) is 0 Å². The van der Waals surface area contributed by atoms with Gasteiger partial charge in [-0.1, -0.05) is 6.07 Å². The molecule has 1 aromatic carbocycles. The van der Waals surface area contributed by atoms with Crippen LogP contribution in [0.25, 0.3) is 0 Å². The van der Waals surface area contributed by atoms with Gasteiger partial charge in [0.1, 0.15) is 0 Å². The van der Waals surface area contributed by atoms with E-state index in [1.807, 2.05) is 38.4 Å². The van der Waals surface area contributed by atoms with Crippen molar-refractivity contribution in [2.45, 2.75) is 0 Å². The predicted molar refractivity (Wildman–Crippen MR) is 51.8 cm³/mol. The van der Waals surface area contributed by atoms with Crippen LogP contribution in [0.15, 0.2) is 24.3 Å². The number of nitrogens with one attached hydrogen (secondary N) is 4. The second-order valence-corrected chi connectivity index (χ2v) is 2.33. The maximum atomic E-state index is 2.99. The molecule has 4 nitrogen and oxygen atoms in total. The van der Waals surface area contributed by atoms with Crippen LogP contribution in [-0.2, 0) is 0 Å². The molecule has 1 rings (SSSR count). The van der Waals surface area contributed by atoms with Gasteiger partial charge in [-0.25, -0.2) is 10.9 Å². The highest BCUT2D eigenvalue weighted by atomic mass is 15.3. The highest BCUT2D eigenvalue weighted by Crippen LogP contribution is 2.12. The number of hydrogen-bond donors (Lipinski definition) is 4. The van der Waals surface area contributed by atoms with Crippen LogP contribution in [0, 0.1) is 0 Å². The largest absolute Gasteiger partial charge is 0.322 e. The molecular formula is C8H14N4. The lowest BCUT2D eigenvalue weighted by Crippen LogP contribution is -2.17. The zero-order valence-corrected chi connectivity index (χ0v) is 7.31. The van der Waals surface area contributed by atoms with Crippen LogP contribution in [0.4, 0.5) is 11.4 Å². The van der Waals surface area contributed by atoms with Crippen molar-refractivity contribution in [1.29, 1.82) is 0 Å². The predicted octanol–water partition coefficient (Wildman–Crippen LogP) is 0.779. The summed E-state index contributed by atoms with van der Waals surface area (Å²) in [7, 11) is 3.66. The third-order valence-electron chi connectivity index (χ3n) is 1.40. The summed E-state index contributed by atoms with van der Waals surface area (Å²) in [5, 5.41) is 0. The standard InChI is InChI=1S/C8H14N4/c1-9-11-7-4-3-5-8(6-7)12-10-2/h3-6,9-12H,1-2H3. The van der Waals surface area contributed by atoms with E-state index in [0.29, 0.717) is 0 Å². The van der Waals surface area contributed by atoms with Crippen molar-refractivity contribution in [2.75, 3.05) is 24.9 Å². The number of rotatable bonds is 4. The highest BCUT2D eigenvalue weighted by molar-refractivity contribution is 5.55. The van der Waals surface area contributed by atoms with Crippen LogP contribution < -0.4 is 21.7 Å². The Morgan fingerprint density at radius 2 is 1.42 bits per heavy atom. The smallest absolute Gasteiger partial charge is 0.0508 e. The van der Waals surface area contributed by atoms with Crippen LogP contribution in [-0.4, -0.2) is 14.1 Å². The van der Waals surface area contributed by atoms with E-state index in [4.69, 9.17) is 0 Å². The van der Waals surface area contributed by atoms with Crippen molar-refractivity contribution in [3.05, 3.63) is 24.3 Å². The molecule has 4 heteroatoms. The summed E-state index contributed by atoms with van der Waals surface area (Å²) in [6.45, 7) is 0. The van der Waals surface area contributed by atoms with Gasteiger partial charge in [-0.15, -0.1) is 0 Å². The lowest BCUT2D eigenvalue weighted by Gasteiger charge is -2.07. The molecule has 0 aliphatic heterocycles. The fraction of sp³-hybridized carbons (Fsp3) is 0.250. The maximum Gasteiger partial charge on any atom is 0.0508 e. The summed E-state index contributed by atoms with van der Waals surface area (Å²) < 4.78 is 0. The molecule has 0 saturated carbocycles. The minimum absolute atomic E-state index is 1.03. The van der Waals surface area contributed by atoms with E-state index in [9.17, 15) is 0 Å². The molecule has 0 fully saturated rings. The summed E-state index contributed by atoms with van der Waals surface area (Å²) >= 11 is 0. The minimum Gasteiger partial charge on any atom is -0.322 e. The first-order chi connectivity index (χ1) is 5.86. The Morgan fingerprint density at radius 3 is 1.83 bits per heavy atom. The zero-order chi connectivity index (χ0) is 8.81. The fourth-order valence-electron chi connectivity index (χ4n) is 0.963. The Morgan fingerprint density at radius 1 is 0.917 bits per heavy atom. The van der Waals surface area contributed by atoms with Crippen molar-refractivity contribution in [3.8, 4) is 0 Å². The average molecular weight is 166 g/mol. The van der Waals surface area contributed by atoms with E-state index in [1.165, 1.54) is 0 Å². The van der Waals surface area contributed by atoms with Crippen LogP contribution in [0.5, 0.6) is 0 Å². The van der Waals surface area contributed by atoms with E-state index in [1.54, 1.807) is 0 Å².